The Morgan fingerprint density at radius 3 is 2.17 bits per heavy atom. The molecule has 0 saturated carbocycles. The van der Waals surface area contributed by atoms with Gasteiger partial charge in [-0.15, -0.1) is 6.42 Å². The first-order chi connectivity index (χ1) is 13.9. The molecule has 0 unspecified atom stereocenters. The van der Waals surface area contributed by atoms with Crippen LogP contribution in [0.3, 0.4) is 0 Å². The molecule has 1 aliphatic rings. The lowest BCUT2D eigenvalue weighted by molar-refractivity contribution is -1.02. The number of amides is 1. The van der Waals surface area contributed by atoms with Crippen molar-refractivity contribution in [2.45, 2.75) is 45.7 Å². The third-order valence-electron chi connectivity index (χ3n) is 6.22. The summed E-state index contributed by atoms with van der Waals surface area (Å²) in [5.41, 5.74) is 1.99. The Morgan fingerprint density at radius 2 is 1.66 bits per heavy atom. The number of carbonyl (C=O) groups is 1. The van der Waals surface area contributed by atoms with Crippen LogP contribution in [0.15, 0.2) is 12.1 Å². The van der Waals surface area contributed by atoms with Gasteiger partial charge in [-0.3, -0.25) is 4.79 Å². The predicted molar refractivity (Wildman–Crippen MR) is 115 cm³/mol. The number of methoxy groups -OCH3 is 2. The average Bonchev–Trinajstić information content (AvgIpc) is 2.74. The van der Waals surface area contributed by atoms with Crippen molar-refractivity contribution >= 4 is 5.91 Å². The van der Waals surface area contributed by atoms with Gasteiger partial charge in [-0.05, 0) is 37.5 Å². The van der Waals surface area contributed by atoms with Crippen molar-refractivity contribution in [3.05, 3.63) is 23.3 Å². The van der Waals surface area contributed by atoms with Crippen LogP contribution in [0, 0.1) is 19.3 Å². The van der Waals surface area contributed by atoms with E-state index in [4.69, 9.17) is 15.9 Å². The Labute approximate surface area is 175 Å². The molecule has 0 aliphatic carbocycles. The number of piperazine rings is 1. The second-order valence-electron chi connectivity index (χ2n) is 7.97. The number of terminal acetylenes is 1. The van der Waals surface area contributed by atoms with Crippen molar-refractivity contribution in [1.82, 2.24) is 5.32 Å². The van der Waals surface area contributed by atoms with E-state index in [0.717, 1.165) is 57.1 Å². The Hall–Kier alpha value is -2.23. The molecule has 3 N–H and O–H groups in total. The van der Waals surface area contributed by atoms with Gasteiger partial charge in [0.25, 0.3) is 5.91 Å². The molecule has 6 nitrogen and oxygen atoms in total. The van der Waals surface area contributed by atoms with Crippen LogP contribution in [0.1, 0.15) is 37.8 Å². The van der Waals surface area contributed by atoms with Crippen molar-refractivity contribution < 1.29 is 24.1 Å². The standard InChI is InChI=1S/C23H35N3O3/c1-7-23(8-2,9-3)24-22(27)17-26-12-10-25(11-13-26)16-19-15-21(29-6)20(28-5)14-18(19)4/h1,14-15H,8-13,16-17H2,2-6H3,(H,24,27)/p+2. The topological polar surface area (TPSA) is 56.4 Å². The summed E-state index contributed by atoms with van der Waals surface area (Å²) < 4.78 is 10.8. The highest BCUT2D eigenvalue weighted by molar-refractivity contribution is 5.78. The first-order valence-corrected chi connectivity index (χ1v) is 10.6. The van der Waals surface area contributed by atoms with Gasteiger partial charge in [0, 0.05) is 5.56 Å². The van der Waals surface area contributed by atoms with Crippen LogP contribution in [0.2, 0.25) is 0 Å². The van der Waals surface area contributed by atoms with Gasteiger partial charge in [0.1, 0.15) is 38.3 Å². The van der Waals surface area contributed by atoms with Gasteiger partial charge >= 0.3 is 0 Å². The van der Waals surface area contributed by atoms with Gasteiger partial charge < -0.3 is 24.6 Å². The van der Waals surface area contributed by atoms with Crippen molar-refractivity contribution in [3.8, 4) is 23.8 Å². The zero-order chi connectivity index (χ0) is 21.4. The van der Waals surface area contributed by atoms with E-state index in [9.17, 15) is 4.79 Å². The molecule has 1 aromatic rings. The molecule has 2 rings (SSSR count). The third kappa shape index (κ3) is 5.88. The van der Waals surface area contributed by atoms with Crippen molar-refractivity contribution in [1.29, 1.82) is 0 Å². The van der Waals surface area contributed by atoms with Crippen molar-refractivity contribution in [2.24, 2.45) is 0 Å². The summed E-state index contributed by atoms with van der Waals surface area (Å²) >= 11 is 0. The SMILES string of the molecule is C#CC(CC)(CC)NC(=O)C[NH+]1CC[NH+](Cc2cc(OC)c(OC)cc2C)CC1. The molecule has 0 atom stereocenters. The molecule has 1 aromatic carbocycles. The maximum Gasteiger partial charge on any atom is 0.276 e. The van der Waals surface area contributed by atoms with Gasteiger partial charge in [-0.2, -0.15) is 0 Å². The highest BCUT2D eigenvalue weighted by atomic mass is 16.5. The highest BCUT2D eigenvalue weighted by Crippen LogP contribution is 2.29. The average molecular weight is 404 g/mol. The first kappa shape index (κ1) is 23.1. The monoisotopic (exact) mass is 403 g/mol. The van der Waals surface area contributed by atoms with E-state index in [0.29, 0.717) is 6.54 Å². The van der Waals surface area contributed by atoms with Gasteiger partial charge in [0.15, 0.2) is 18.0 Å². The Bertz CT molecular complexity index is 730. The normalized spacial score (nSPS) is 19.3. The van der Waals surface area contributed by atoms with Gasteiger partial charge in [0.05, 0.1) is 14.2 Å². The summed E-state index contributed by atoms with van der Waals surface area (Å²) in [4.78, 5) is 15.4. The lowest BCUT2D eigenvalue weighted by Gasteiger charge is -2.31. The minimum Gasteiger partial charge on any atom is -0.493 e. The van der Waals surface area contributed by atoms with E-state index in [1.165, 1.54) is 20.9 Å². The Balaban J connectivity index is 1.88. The minimum atomic E-state index is -0.505. The van der Waals surface area contributed by atoms with Crippen LogP contribution in [-0.4, -0.2) is 58.4 Å². The van der Waals surface area contributed by atoms with Crippen LogP contribution in [-0.2, 0) is 11.3 Å². The zero-order valence-corrected chi connectivity index (χ0v) is 18.6. The number of aryl methyl sites for hydroxylation is 1. The second-order valence-corrected chi connectivity index (χ2v) is 7.97. The number of ether oxygens (including phenoxy) is 2. The summed E-state index contributed by atoms with van der Waals surface area (Å²) in [6.45, 7) is 11.7. The number of quaternary nitrogens is 2. The molecule has 1 amide bonds. The van der Waals surface area contributed by atoms with Crippen LogP contribution in [0.25, 0.3) is 0 Å². The van der Waals surface area contributed by atoms with Gasteiger partial charge in [-0.1, -0.05) is 19.8 Å². The fraction of sp³-hybridized carbons (Fsp3) is 0.609. The molecule has 160 valence electrons. The molecule has 0 bridgehead atoms. The molecule has 1 fully saturated rings. The van der Waals surface area contributed by atoms with E-state index in [-0.39, 0.29) is 5.91 Å². The van der Waals surface area contributed by atoms with E-state index in [2.05, 4.69) is 24.2 Å². The first-order valence-electron chi connectivity index (χ1n) is 10.6. The summed E-state index contributed by atoms with van der Waals surface area (Å²) in [6, 6.07) is 4.13. The van der Waals surface area contributed by atoms with Crippen LogP contribution in [0.4, 0.5) is 0 Å². The number of hydrogen-bond donors (Lipinski definition) is 3. The van der Waals surface area contributed by atoms with Crippen LogP contribution < -0.4 is 24.6 Å². The van der Waals surface area contributed by atoms with E-state index >= 15 is 0 Å². The van der Waals surface area contributed by atoms with E-state index in [1.54, 1.807) is 14.2 Å². The molecule has 0 radical (unpaired) electrons. The Kier molecular flexibility index (Phi) is 8.36. The maximum absolute atomic E-state index is 12.5. The molecule has 1 saturated heterocycles. The Morgan fingerprint density at radius 1 is 1.10 bits per heavy atom. The molecular weight excluding hydrogens is 366 g/mol. The van der Waals surface area contributed by atoms with E-state index in [1.807, 2.05) is 19.9 Å². The van der Waals surface area contributed by atoms with Crippen molar-refractivity contribution in [2.75, 3.05) is 46.9 Å². The molecule has 29 heavy (non-hydrogen) atoms. The summed E-state index contributed by atoms with van der Waals surface area (Å²) in [5.74, 6) is 4.38. The van der Waals surface area contributed by atoms with Gasteiger partial charge in [0.2, 0.25) is 0 Å². The second kappa shape index (κ2) is 10.5. The lowest BCUT2D eigenvalue weighted by atomic mass is 9.94. The molecule has 1 aliphatic heterocycles. The third-order valence-corrected chi connectivity index (χ3v) is 6.22. The summed E-state index contributed by atoms with van der Waals surface area (Å²) in [5, 5.41) is 3.08. The number of carbonyl (C=O) groups excluding carboxylic acids is 1. The largest absolute Gasteiger partial charge is 0.493 e. The molecule has 1 heterocycles. The molecular formula is C23H37N3O3+2. The van der Waals surface area contributed by atoms with Crippen LogP contribution in [0.5, 0.6) is 11.5 Å². The predicted octanol–water partition coefficient (Wildman–Crippen LogP) is -0.396. The lowest BCUT2D eigenvalue weighted by Crippen LogP contribution is -3.28. The number of nitrogens with one attached hydrogen (secondary N) is 3. The number of rotatable bonds is 9. The smallest absolute Gasteiger partial charge is 0.276 e. The van der Waals surface area contributed by atoms with Crippen LogP contribution >= 0.6 is 0 Å². The van der Waals surface area contributed by atoms with Crippen molar-refractivity contribution in [3.63, 3.8) is 0 Å². The molecule has 0 aromatic heterocycles. The summed E-state index contributed by atoms with van der Waals surface area (Å²) in [6.07, 6.45) is 7.17. The highest BCUT2D eigenvalue weighted by Gasteiger charge is 2.29. The number of benzene rings is 1. The fourth-order valence-corrected chi connectivity index (χ4v) is 4.00. The van der Waals surface area contributed by atoms with E-state index < -0.39 is 5.54 Å². The fourth-order valence-electron chi connectivity index (χ4n) is 4.00. The molecule has 6 heteroatoms. The molecule has 0 spiro atoms. The summed E-state index contributed by atoms with van der Waals surface area (Å²) in [7, 11) is 3.33. The quantitative estimate of drug-likeness (QED) is 0.492. The zero-order valence-electron chi connectivity index (χ0n) is 18.6. The minimum absolute atomic E-state index is 0.0563. The number of hydrogen-bond acceptors (Lipinski definition) is 3. The van der Waals surface area contributed by atoms with Gasteiger partial charge in [-0.25, -0.2) is 0 Å². The maximum atomic E-state index is 12.5.